The average Bonchev–Trinajstić information content (AvgIpc) is 3.59. The largest absolute Gasteiger partial charge is 0.330 e. The zero-order valence-electron chi connectivity index (χ0n) is 18.6. The molecule has 0 spiro atoms. The Bertz CT molecular complexity index is 1270. The molecule has 5 aromatic heterocycles. The lowest BCUT2D eigenvalue weighted by Gasteiger charge is -2.00. The SMILES string of the molecule is Cc1ccc(-c2cc(CCN)c(-c3ccc(-c4sc(-c5ccc(C)s5)cc4CCN)s3)s2)s1. The van der Waals surface area contributed by atoms with Crippen LogP contribution in [0.2, 0.25) is 0 Å². The third kappa shape index (κ3) is 4.82. The first kappa shape index (κ1) is 23.2. The molecule has 5 aromatic rings. The number of aryl methyl sites for hydroxylation is 2. The van der Waals surface area contributed by atoms with Crippen molar-refractivity contribution < 1.29 is 0 Å². The van der Waals surface area contributed by atoms with Crippen LogP contribution < -0.4 is 11.5 Å². The van der Waals surface area contributed by atoms with E-state index in [9.17, 15) is 0 Å². The highest BCUT2D eigenvalue weighted by molar-refractivity contribution is 7.29. The van der Waals surface area contributed by atoms with Crippen molar-refractivity contribution in [2.75, 3.05) is 13.1 Å². The minimum Gasteiger partial charge on any atom is -0.330 e. The lowest BCUT2D eigenvalue weighted by molar-refractivity contribution is 0.976. The van der Waals surface area contributed by atoms with Gasteiger partial charge in [-0.2, -0.15) is 0 Å². The smallest absolute Gasteiger partial charge is 0.0482 e. The van der Waals surface area contributed by atoms with E-state index in [2.05, 4.69) is 62.4 Å². The van der Waals surface area contributed by atoms with Crippen LogP contribution in [0.15, 0.2) is 48.5 Å². The second-order valence-corrected chi connectivity index (χ2v) is 13.8. The summed E-state index contributed by atoms with van der Waals surface area (Å²) in [5.41, 5.74) is 14.7. The Hall–Kier alpha value is -1.58. The minimum atomic E-state index is 0.667. The van der Waals surface area contributed by atoms with Crippen molar-refractivity contribution >= 4 is 56.7 Å². The summed E-state index contributed by atoms with van der Waals surface area (Å²) < 4.78 is 0. The van der Waals surface area contributed by atoms with Gasteiger partial charge < -0.3 is 11.5 Å². The summed E-state index contributed by atoms with van der Waals surface area (Å²) in [5.74, 6) is 0. The molecule has 0 aliphatic rings. The van der Waals surface area contributed by atoms with E-state index < -0.39 is 0 Å². The van der Waals surface area contributed by atoms with E-state index in [4.69, 9.17) is 11.5 Å². The first-order valence-electron chi connectivity index (χ1n) is 11.0. The maximum Gasteiger partial charge on any atom is 0.0482 e. The molecule has 0 aliphatic heterocycles. The monoisotopic (exact) mass is 526 g/mol. The Morgan fingerprint density at radius 3 is 1.30 bits per heavy atom. The van der Waals surface area contributed by atoms with Crippen molar-refractivity contribution in [3.05, 3.63) is 69.4 Å². The summed E-state index contributed by atoms with van der Waals surface area (Å²) in [7, 11) is 0. The highest BCUT2D eigenvalue weighted by Gasteiger charge is 2.18. The van der Waals surface area contributed by atoms with Crippen molar-refractivity contribution in [2.24, 2.45) is 11.5 Å². The van der Waals surface area contributed by atoms with Crippen molar-refractivity contribution in [2.45, 2.75) is 26.7 Å². The highest BCUT2D eigenvalue weighted by atomic mass is 32.1. The Labute approximate surface area is 215 Å². The van der Waals surface area contributed by atoms with Crippen LogP contribution in [0.4, 0.5) is 0 Å². The van der Waals surface area contributed by atoms with Gasteiger partial charge in [-0.3, -0.25) is 0 Å². The normalized spacial score (nSPS) is 11.5. The Morgan fingerprint density at radius 2 is 0.939 bits per heavy atom. The standard InChI is InChI=1S/C26H26N2S5/c1-15-3-5-19(29-15)23-13-17(9-11-27)25(32-23)21-7-8-22(31-21)26-18(10-12-28)14-24(33-26)20-6-4-16(2)30-20/h3-8,13-14H,9-12,27-28H2,1-2H3. The summed E-state index contributed by atoms with van der Waals surface area (Å²) in [6, 6.07) is 18.1. The molecular weight excluding hydrogens is 501 g/mol. The minimum absolute atomic E-state index is 0.667. The van der Waals surface area contributed by atoms with Gasteiger partial charge in [-0.15, -0.1) is 56.7 Å². The van der Waals surface area contributed by atoms with Gasteiger partial charge in [-0.05, 0) is 99.4 Å². The topological polar surface area (TPSA) is 52.0 Å². The molecule has 0 fully saturated rings. The van der Waals surface area contributed by atoms with E-state index in [1.54, 1.807) is 0 Å². The van der Waals surface area contributed by atoms with Crippen molar-refractivity contribution in [1.29, 1.82) is 0 Å². The predicted octanol–water partition coefficient (Wildman–Crippen LogP) is 8.28. The van der Waals surface area contributed by atoms with Crippen LogP contribution in [0.3, 0.4) is 0 Å². The molecule has 5 heterocycles. The van der Waals surface area contributed by atoms with Gasteiger partial charge in [-0.1, -0.05) is 0 Å². The molecule has 0 amide bonds. The predicted molar refractivity (Wildman–Crippen MR) is 153 cm³/mol. The molecule has 0 aromatic carbocycles. The third-order valence-corrected chi connectivity index (χ3v) is 11.7. The van der Waals surface area contributed by atoms with Gasteiger partial charge in [0, 0.05) is 48.8 Å². The Balaban J connectivity index is 1.53. The molecule has 5 rings (SSSR count). The highest BCUT2D eigenvalue weighted by Crippen LogP contribution is 2.47. The summed E-state index contributed by atoms with van der Waals surface area (Å²) in [4.78, 5) is 13.5. The molecule has 170 valence electrons. The van der Waals surface area contributed by atoms with Gasteiger partial charge >= 0.3 is 0 Å². The molecule has 7 heteroatoms. The molecule has 0 bridgehead atoms. The summed E-state index contributed by atoms with van der Waals surface area (Å²) in [5, 5.41) is 0. The van der Waals surface area contributed by atoms with Gasteiger partial charge in [0.05, 0.1) is 0 Å². The van der Waals surface area contributed by atoms with Crippen LogP contribution in [-0.4, -0.2) is 13.1 Å². The van der Waals surface area contributed by atoms with E-state index in [-0.39, 0.29) is 0 Å². The van der Waals surface area contributed by atoms with Gasteiger partial charge in [0.25, 0.3) is 0 Å². The van der Waals surface area contributed by atoms with Crippen LogP contribution in [0.25, 0.3) is 39.0 Å². The van der Waals surface area contributed by atoms with E-state index in [0.717, 1.165) is 12.8 Å². The van der Waals surface area contributed by atoms with Crippen molar-refractivity contribution in [3.63, 3.8) is 0 Å². The number of nitrogens with two attached hydrogens (primary N) is 2. The number of thiophene rings is 5. The average molecular weight is 527 g/mol. The van der Waals surface area contributed by atoms with Gasteiger partial charge in [0.15, 0.2) is 0 Å². The molecule has 4 N–H and O–H groups in total. The van der Waals surface area contributed by atoms with Crippen molar-refractivity contribution in [1.82, 2.24) is 0 Å². The molecule has 0 aliphatic carbocycles. The number of rotatable bonds is 8. The fraction of sp³-hybridized carbons (Fsp3) is 0.231. The molecule has 0 saturated heterocycles. The maximum absolute atomic E-state index is 5.97. The van der Waals surface area contributed by atoms with Crippen molar-refractivity contribution in [3.8, 4) is 39.0 Å². The lowest BCUT2D eigenvalue weighted by atomic mass is 10.1. The second-order valence-electron chi connectivity index (χ2n) is 7.99. The fourth-order valence-electron chi connectivity index (χ4n) is 3.92. The van der Waals surface area contributed by atoms with E-state index in [1.807, 2.05) is 56.7 Å². The second kappa shape index (κ2) is 9.96. The molecule has 0 unspecified atom stereocenters. The molecule has 33 heavy (non-hydrogen) atoms. The molecule has 2 nitrogen and oxygen atoms in total. The van der Waals surface area contributed by atoms with E-state index in [1.165, 1.54) is 59.9 Å². The van der Waals surface area contributed by atoms with Crippen LogP contribution in [0, 0.1) is 13.8 Å². The molecular formula is C26H26N2S5. The van der Waals surface area contributed by atoms with Gasteiger partial charge in [0.2, 0.25) is 0 Å². The summed E-state index contributed by atoms with van der Waals surface area (Å²) in [6.45, 7) is 5.67. The van der Waals surface area contributed by atoms with Crippen LogP contribution in [0.5, 0.6) is 0 Å². The van der Waals surface area contributed by atoms with Crippen LogP contribution >= 0.6 is 56.7 Å². The zero-order chi connectivity index (χ0) is 22.9. The van der Waals surface area contributed by atoms with E-state index >= 15 is 0 Å². The van der Waals surface area contributed by atoms with Gasteiger partial charge in [-0.25, -0.2) is 0 Å². The fourth-order valence-corrected chi connectivity index (χ4v) is 9.53. The lowest BCUT2D eigenvalue weighted by Crippen LogP contribution is -2.02. The summed E-state index contributed by atoms with van der Waals surface area (Å²) >= 11 is 9.41. The van der Waals surface area contributed by atoms with Crippen LogP contribution in [-0.2, 0) is 12.8 Å². The molecule has 0 atom stereocenters. The van der Waals surface area contributed by atoms with E-state index in [0.29, 0.717) is 13.1 Å². The summed E-state index contributed by atoms with van der Waals surface area (Å²) in [6.07, 6.45) is 1.81. The Morgan fingerprint density at radius 1 is 0.515 bits per heavy atom. The van der Waals surface area contributed by atoms with Gasteiger partial charge in [0.1, 0.15) is 0 Å². The quantitative estimate of drug-likeness (QED) is 0.214. The third-order valence-electron chi connectivity index (χ3n) is 5.47. The molecule has 0 radical (unpaired) electrons. The molecule has 0 saturated carbocycles. The number of hydrogen-bond donors (Lipinski definition) is 2. The zero-order valence-corrected chi connectivity index (χ0v) is 22.7. The first-order valence-corrected chi connectivity index (χ1v) is 15.0. The number of hydrogen-bond acceptors (Lipinski definition) is 7. The first-order chi connectivity index (χ1) is 16.1. The Kier molecular flexibility index (Phi) is 6.99. The van der Waals surface area contributed by atoms with Crippen LogP contribution in [0.1, 0.15) is 20.9 Å². The maximum atomic E-state index is 5.97.